The zero-order chi connectivity index (χ0) is 20.1. The zero-order valence-corrected chi connectivity index (χ0v) is 17.1. The van der Waals surface area contributed by atoms with Gasteiger partial charge in [-0.1, -0.05) is 17.3 Å². The molecule has 1 aromatic carbocycles. The van der Waals surface area contributed by atoms with Crippen LogP contribution in [0.2, 0.25) is 0 Å². The van der Waals surface area contributed by atoms with E-state index in [0.29, 0.717) is 18.8 Å². The zero-order valence-electron chi connectivity index (χ0n) is 16.3. The van der Waals surface area contributed by atoms with Crippen LogP contribution in [0.1, 0.15) is 19.3 Å². The Labute approximate surface area is 172 Å². The van der Waals surface area contributed by atoms with Gasteiger partial charge in [0.15, 0.2) is 4.80 Å². The van der Waals surface area contributed by atoms with Gasteiger partial charge >= 0.3 is 0 Å². The lowest BCUT2D eigenvalue weighted by atomic mass is 10.1. The molecule has 3 aromatic rings. The molecule has 3 heterocycles. The van der Waals surface area contributed by atoms with Gasteiger partial charge in [0.2, 0.25) is 0 Å². The number of hydrogen-bond donors (Lipinski definition) is 0. The van der Waals surface area contributed by atoms with Crippen molar-refractivity contribution in [2.45, 2.75) is 31.9 Å². The fourth-order valence-corrected chi connectivity index (χ4v) is 4.26. The lowest BCUT2D eigenvalue weighted by Gasteiger charge is -2.22. The van der Waals surface area contributed by atoms with E-state index in [1.165, 1.54) is 17.4 Å². The quantitative estimate of drug-likeness (QED) is 0.553. The number of thiazole rings is 1. The third-order valence-electron chi connectivity index (χ3n) is 4.89. The topological polar surface area (TPSA) is 66.5 Å². The Bertz CT molecular complexity index is 1010. The number of ether oxygens (including phenoxy) is 2. The number of nitrogens with zero attached hydrogens (tertiary/aromatic N) is 5. The summed E-state index contributed by atoms with van der Waals surface area (Å²) < 4.78 is 29.3. The largest absolute Gasteiger partial charge is 0.381 e. The molecule has 0 amide bonds. The molecular formula is C20H24FN5O2S. The Morgan fingerprint density at radius 2 is 2.10 bits per heavy atom. The minimum atomic E-state index is -0.334. The van der Waals surface area contributed by atoms with Gasteiger partial charge < -0.3 is 14.0 Å². The monoisotopic (exact) mass is 417 g/mol. The van der Waals surface area contributed by atoms with Crippen molar-refractivity contribution in [2.24, 2.45) is 12.0 Å². The number of halogens is 1. The maximum Gasteiger partial charge on any atom is 0.190 e. The van der Waals surface area contributed by atoms with Gasteiger partial charge in [-0.2, -0.15) is 0 Å². The highest BCUT2D eigenvalue weighted by atomic mass is 32.1. The van der Waals surface area contributed by atoms with Crippen molar-refractivity contribution in [1.29, 1.82) is 0 Å². The van der Waals surface area contributed by atoms with Gasteiger partial charge in [0.05, 0.1) is 18.0 Å². The molecule has 7 nitrogen and oxygen atoms in total. The maximum absolute atomic E-state index is 14.1. The molecule has 0 N–H and O–H groups in total. The lowest BCUT2D eigenvalue weighted by molar-refractivity contribution is -0.0330. The number of aromatic nitrogens is 4. The van der Waals surface area contributed by atoms with Crippen LogP contribution in [-0.2, 0) is 23.1 Å². The van der Waals surface area contributed by atoms with Crippen LogP contribution in [0.5, 0.6) is 0 Å². The van der Waals surface area contributed by atoms with Crippen molar-refractivity contribution in [3.63, 3.8) is 0 Å². The van der Waals surface area contributed by atoms with Gasteiger partial charge in [0, 0.05) is 38.8 Å². The van der Waals surface area contributed by atoms with Crippen LogP contribution in [0, 0.1) is 5.82 Å². The summed E-state index contributed by atoms with van der Waals surface area (Å²) >= 11 is 1.48. The molecule has 0 aliphatic carbocycles. The van der Waals surface area contributed by atoms with Crippen LogP contribution in [0.15, 0.2) is 40.8 Å². The standard InChI is InChI=1S/C20H24FN5O2S/c1-25-18(13-22-24-25)19-14-29-20(23-17-6-3-2-5-16(17)21)26(19)9-4-10-28-15-7-11-27-12-8-15/h2-3,5-6,13-15H,4,7-12H2,1H3. The van der Waals surface area contributed by atoms with Gasteiger partial charge in [0.25, 0.3) is 0 Å². The second-order valence-electron chi connectivity index (χ2n) is 6.90. The van der Waals surface area contributed by atoms with Gasteiger partial charge in [-0.05, 0) is 31.4 Å². The molecule has 29 heavy (non-hydrogen) atoms. The van der Waals surface area contributed by atoms with Crippen molar-refractivity contribution in [3.8, 4) is 11.4 Å². The minimum Gasteiger partial charge on any atom is -0.381 e. The summed E-state index contributed by atoms with van der Waals surface area (Å²) in [5, 5.41) is 10.0. The summed E-state index contributed by atoms with van der Waals surface area (Å²) in [5.41, 5.74) is 2.18. The molecule has 0 radical (unpaired) electrons. The highest BCUT2D eigenvalue weighted by Crippen LogP contribution is 2.21. The van der Waals surface area contributed by atoms with E-state index < -0.39 is 0 Å². The van der Waals surface area contributed by atoms with E-state index in [4.69, 9.17) is 9.47 Å². The van der Waals surface area contributed by atoms with Crippen molar-refractivity contribution in [1.82, 2.24) is 19.6 Å². The first-order valence-corrected chi connectivity index (χ1v) is 10.6. The molecule has 1 aliphatic rings. The predicted octanol–water partition coefficient (Wildman–Crippen LogP) is 3.30. The second-order valence-corrected chi connectivity index (χ2v) is 7.73. The third kappa shape index (κ3) is 4.80. The number of hydrogen-bond acceptors (Lipinski definition) is 6. The normalized spacial score (nSPS) is 15.9. The van der Waals surface area contributed by atoms with Crippen molar-refractivity contribution < 1.29 is 13.9 Å². The highest BCUT2D eigenvalue weighted by Gasteiger charge is 2.15. The summed E-state index contributed by atoms with van der Waals surface area (Å²) in [7, 11) is 1.85. The summed E-state index contributed by atoms with van der Waals surface area (Å²) in [4.78, 5) is 5.30. The first-order chi connectivity index (χ1) is 14.2. The van der Waals surface area contributed by atoms with E-state index in [2.05, 4.69) is 19.9 Å². The van der Waals surface area contributed by atoms with Crippen LogP contribution in [-0.4, -0.2) is 45.5 Å². The SMILES string of the molecule is Cn1nncc1-c1csc(=Nc2ccccc2F)n1CCCOC1CCOCC1. The Hall–Kier alpha value is -2.36. The van der Waals surface area contributed by atoms with Gasteiger partial charge in [-0.25, -0.2) is 14.1 Å². The summed E-state index contributed by atoms with van der Waals surface area (Å²) in [6, 6.07) is 6.55. The molecule has 2 aromatic heterocycles. The highest BCUT2D eigenvalue weighted by molar-refractivity contribution is 7.07. The minimum absolute atomic E-state index is 0.277. The molecule has 0 saturated carbocycles. The van der Waals surface area contributed by atoms with E-state index in [1.54, 1.807) is 29.1 Å². The Morgan fingerprint density at radius 1 is 1.28 bits per heavy atom. The second kappa shape index (κ2) is 9.43. The van der Waals surface area contributed by atoms with Crippen LogP contribution < -0.4 is 4.80 Å². The molecule has 9 heteroatoms. The summed E-state index contributed by atoms with van der Waals surface area (Å²) in [6.45, 7) is 2.91. The first-order valence-electron chi connectivity index (χ1n) is 9.74. The molecule has 154 valence electrons. The lowest BCUT2D eigenvalue weighted by Crippen LogP contribution is -2.24. The van der Waals surface area contributed by atoms with Crippen LogP contribution in [0.4, 0.5) is 10.1 Å². The molecule has 0 spiro atoms. The van der Waals surface area contributed by atoms with Crippen LogP contribution in [0.25, 0.3) is 11.4 Å². The predicted molar refractivity (Wildman–Crippen MR) is 108 cm³/mol. The molecule has 0 unspecified atom stereocenters. The van der Waals surface area contributed by atoms with Gasteiger partial charge in [-0.15, -0.1) is 16.4 Å². The smallest absolute Gasteiger partial charge is 0.190 e. The Morgan fingerprint density at radius 3 is 2.86 bits per heavy atom. The molecule has 1 fully saturated rings. The number of para-hydroxylation sites is 1. The molecule has 4 rings (SSSR count). The van der Waals surface area contributed by atoms with Crippen molar-refractivity contribution in [2.75, 3.05) is 19.8 Å². The van der Waals surface area contributed by atoms with E-state index >= 15 is 0 Å². The van der Waals surface area contributed by atoms with E-state index in [0.717, 1.165) is 48.7 Å². The third-order valence-corrected chi connectivity index (χ3v) is 5.75. The molecular weight excluding hydrogens is 393 g/mol. The molecule has 1 saturated heterocycles. The van der Waals surface area contributed by atoms with E-state index in [9.17, 15) is 4.39 Å². The molecule has 0 atom stereocenters. The average molecular weight is 418 g/mol. The summed E-state index contributed by atoms with van der Waals surface area (Å²) in [5.74, 6) is -0.334. The van der Waals surface area contributed by atoms with Crippen LogP contribution in [0.3, 0.4) is 0 Å². The number of aryl methyl sites for hydroxylation is 1. The fraction of sp³-hybridized carbons (Fsp3) is 0.450. The fourth-order valence-electron chi connectivity index (χ4n) is 3.32. The number of rotatable bonds is 7. The average Bonchev–Trinajstić information content (AvgIpc) is 3.33. The van der Waals surface area contributed by atoms with Gasteiger partial charge in [0.1, 0.15) is 17.2 Å². The van der Waals surface area contributed by atoms with Crippen molar-refractivity contribution in [3.05, 3.63) is 46.5 Å². The Kier molecular flexibility index (Phi) is 6.48. The number of benzene rings is 1. The van der Waals surface area contributed by atoms with E-state index in [1.807, 2.05) is 12.4 Å². The molecule has 0 bridgehead atoms. The van der Waals surface area contributed by atoms with Crippen LogP contribution >= 0.6 is 11.3 Å². The first kappa shape index (κ1) is 19.9. The van der Waals surface area contributed by atoms with Gasteiger partial charge in [-0.3, -0.25) is 0 Å². The van der Waals surface area contributed by atoms with E-state index in [-0.39, 0.29) is 11.9 Å². The van der Waals surface area contributed by atoms with Crippen molar-refractivity contribution >= 4 is 17.0 Å². The molecule has 1 aliphatic heterocycles. The Balaban J connectivity index is 1.56. The maximum atomic E-state index is 14.1. The summed E-state index contributed by atoms with van der Waals surface area (Å²) in [6.07, 6.45) is 4.73.